The maximum absolute atomic E-state index is 12.1. The molecule has 8 nitrogen and oxygen atoms in total. The fourth-order valence-electron chi connectivity index (χ4n) is 1.97. The van der Waals surface area contributed by atoms with E-state index in [1.165, 1.54) is 0 Å². The summed E-state index contributed by atoms with van der Waals surface area (Å²) in [4.78, 5) is 34.0. The third-order valence-electron chi connectivity index (χ3n) is 3.04. The highest BCUT2D eigenvalue weighted by atomic mass is 35.5. The van der Waals surface area contributed by atoms with Crippen molar-refractivity contribution in [2.75, 3.05) is 0 Å². The number of hydrogen-bond acceptors (Lipinski definition) is 6. The lowest BCUT2D eigenvalue weighted by Gasteiger charge is -2.03. The average molecular weight is 400 g/mol. The van der Waals surface area contributed by atoms with Gasteiger partial charge >= 0.3 is 11.8 Å². The minimum absolute atomic E-state index is 0.296. The number of thiophene rings is 1. The summed E-state index contributed by atoms with van der Waals surface area (Å²) in [5.41, 5.74) is 4.31. The third kappa shape index (κ3) is 3.58. The number of fused-ring (bicyclic) bond motifs is 1. The quantitative estimate of drug-likeness (QED) is 0.513. The Morgan fingerprint density at radius 3 is 2.52 bits per heavy atom. The van der Waals surface area contributed by atoms with Crippen LogP contribution in [-0.4, -0.2) is 16.7 Å². The van der Waals surface area contributed by atoms with E-state index in [4.69, 9.17) is 27.6 Å². The van der Waals surface area contributed by atoms with E-state index in [1.807, 2.05) is 0 Å². The molecule has 3 rings (SSSR count). The van der Waals surface area contributed by atoms with Crippen LogP contribution in [-0.2, 0) is 0 Å². The molecule has 0 spiro atoms. The number of amides is 2. The van der Waals surface area contributed by atoms with Crippen molar-refractivity contribution in [3.63, 3.8) is 0 Å². The van der Waals surface area contributed by atoms with Gasteiger partial charge in [0.15, 0.2) is 0 Å². The van der Waals surface area contributed by atoms with Crippen molar-refractivity contribution in [1.29, 1.82) is 0 Å². The number of nitro groups is 1. The Morgan fingerprint density at radius 1 is 1.12 bits per heavy atom. The number of benzene rings is 1. The predicted octanol–water partition coefficient (Wildman–Crippen LogP) is 3.78. The van der Waals surface area contributed by atoms with Gasteiger partial charge in [0.2, 0.25) is 5.76 Å². The van der Waals surface area contributed by atoms with Gasteiger partial charge in [-0.3, -0.25) is 30.6 Å². The van der Waals surface area contributed by atoms with Crippen LogP contribution in [0.25, 0.3) is 10.1 Å². The largest absolute Gasteiger partial charge is 0.433 e. The summed E-state index contributed by atoms with van der Waals surface area (Å²) in [5.74, 6) is -2.29. The highest BCUT2D eigenvalue weighted by Gasteiger charge is 2.18. The summed E-state index contributed by atoms with van der Waals surface area (Å²) in [6, 6.07) is 6.97. The number of rotatable bonds is 3. The smallest absolute Gasteiger partial charge is 0.395 e. The molecule has 2 heterocycles. The topological polar surface area (TPSA) is 114 Å². The first-order valence-corrected chi connectivity index (χ1v) is 8.16. The zero-order valence-corrected chi connectivity index (χ0v) is 14.4. The van der Waals surface area contributed by atoms with E-state index in [0.717, 1.165) is 23.5 Å². The number of carbonyl (C=O) groups excluding carboxylic acids is 2. The van der Waals surface area contributed by atoms with E-state index in [9.17, 15) is 19.7 Å². The number of hydrazine groups is 1. The highest BCUT2D eigenvalue weighted by Crippen LogP contribution is 2.34. The lowest BCUT2D eigenvalue weighted by Crippen LogP contribution is -2.41. The fraction of sp³-hybridized carbons (Fsp3) is 0. The van der Waals surface area contributed by atoms with Gasteiger partial charge in [-0.1, -0.05) is 23.2 Å². The normalized spacial score (nSPS) is 10.6. The van der Waals surface area contributed by atoms with Gasteiger partial charge in [-0.15, -0.1) is 11.3 Å². The van der Waals surface area contributed by atoms with E-state index < -0.39 is 22.6 Å². The van der Waals surface area contributed by atoms with Gasteiger partial charge in [0, 0.05) is 5.02 Å². The van der Waals surface area contributed by atoms with Crippen molar-refractivity contribution < 1.29 is 18.9 Å². The Labute approximate surface area is 153 Å². The van der Waals surface area contributed by atoms with E-state index in [0.29, 0.717) is 25.0 Å². The number of furan rings is 1. The van der Waals surface area contributed by atoms with E-state index in [-0.39, 0.29) is 5.76 Å². The summed E-state index contributed by atoms with van der Waals surface area (Å²) in [7, 11) is 0. The summed E-state index contributed by atoms with van der Waals surface area (Å²) < 4.78 is 5.41. The number of halogens is 2. The summed E-state index contributed by atoms with van der Waals surface area (Å²) in [6.07, 6.45) is 0. The SMILES string of the molecule is O=C(NNC(=O)c1cc2cc(Cl)cc(Cl)c2s1)c1ccc([N+](=O)[O-])o1. The predicted molar refractivity (Wildman–Crippen MR) is 92.1 cm³/mol. The van der Waals surface area contributed by atoms with Crippen molar-refractivity contribution in [2.45, 2.75) is 0 Å². The minimum atomic E-state index is -0.830. The van der Waals surface area contributed by atoms with Gasteiger partial charge in [-0.2, -0.15) is 0 Å². The van der Waals surface area contributed by atoms with Crippen LogP contribution in [0, 0.1) is 10.1 Å². The van der Waals surface area contributed by atoms with E-state index in [2.05, 4.69) is 10.9 Å². The minimum Gasteiger partial charge on any atom is -0.395 e. The van der Waals surface area contributed by atoms with Crippen LogP contribution >= 0.6 is 34.5 Å². The Hall–Kier alpha value is -2.62. The van der Waals surface area contributed by atoms with Crippen LogP contribution in [0.1, 0.15) is 20.2 Å². The number of nitrogens with zero attached hydrogens (tertiary/aromatic N) is 1. The highest BCUT2D eigenvalue weighted by molar-refractivity contribution is 7.21. The molecule has 3 aromatic rings. The van der Waals surface area contributed by atoms with Gasteiger partial charge in [0.05, 0.1) is 20.7 Å². The maximum Gasteiger partial charge on any atom is 0.433 e. The molecule has 11 heteroatoms. The summed E-state index contributed by atoms with van der Waals surface area (Å²) in [6.45, 7) is 0. The Kier molecular flexibility index (Phi) is 4.62. The van der Waals surface area contributed by atoms with Crippen molar-refractivity contribution >= 4 is 62.3 Å². The molecule has 0 aliphatic carbocycles. The van der Waals surface area contributed by atoms with Crippen LogP contribution in [0.4, 0.5) is 5.88 Å². The van der Waals surface area contributed by atoms with E-state index >= 15 is 0 Å². The second-order valence-corrected chi connectivity index (χ2v) is 6.62. The molecule has 0 bridgehead atoms. The van der Waals surface area contributed by atoms with Gasteiger partial charge in [0.1, 0.15) is 4.92 Å². The van der Waals surface area contributed by atoms with Gasteiger partial charge in [0.25, 0.3) is 5.91 Å². The van der Waals surface area contributed by atoms with Crippen LogP contribution < -0.4 is 10.9 Å². The lowest BCUT2D eigenvalue weighted by atomic mass is 10.2. The Bertz CT molecular complexity index is 1010. The first kappa shape index (κ1) is 17.2. The molecule has 2 aromatic heterocycles. The molecule has 0 radical (unpaired) electrons. The number of carbonyl (C=O) groups is 2. The van der Waals surface area contributed by atoms with Crippen molar-refractivity contribution in [3.05, 3.63) is 61.1 Å². The molecule has 0 fully saturated rings. The monoisotopic (exact) mass is 399 g/mol. The number of hydrogen-bond donors (Lipinski definition) is 2. The van der Waals surface area contributed by atoms with Crippen molar-refractivity contribution in [2.24, 2.45) is 0 Å². The molecular formula is C14H7Cl2N3O5S. The van der Waals surface area contributed by atoms with Crippen LogP contribution in [0.15, 0.2) is 34.7 Å². The second-order valence-electron chi connectivity index (χ2n) is 4.72. The van der Waals surface area contributed by atoms with Gasteiger partial charge < -0.3 is 4.42 Å². The summed E-state index contributed by atoms with van der Waals surface area (Å²) >= 11 is 13.1. The first-order valence-electron chi connectivity index (χ1n) is 6.58. The van der Waals surface area contributed by atoms with E-state index in [1.54, 1.807) is 18.2 Å². The lowest BCUT2D eigenvalue weighted by molar-refractivity contribution is -0.402. The third-order valence-corrected chi connectivity index (χ3v) is 4.86. The second kappa shape index (κ2) is 6.71. The first-order chi connectivity index (χ1) is 11.8. The molecule has 2 N–H and O–H groups in total. The van der Waals surface area contributed by atoms with Gasteiger partial charge in [-0.25, -0.2) is 0 Å². The molecule has 0 aliphatic rings. The average Bonchev–Trinajstić information content (AvgIpc) is 3.19. The maximum atomic E-state index is 12.1. The zero-order chi connectivity index (χ0) is 18.1. The molecule has 0 saturated heterocycles. The van der Waals surface area contributed by atoms with Gasteiger partial charge in [-0.05, 0) is 29.7 Å². The van der Waals surface area contributed by atoms with Crippen LogP contribution in [0.3, 0.4) is 0 Å². The molecule has 1 aromatic carbocycles. The molecular weight excluding hydrogens is 393 g/mol. The van der Waals surface area contributed by atoms with Crippen molar-refractivity contribution in [3.8, 4) is 0 Å². The molecule has 2 amide bonds. The number of nitrogens with one attached hydrogen (secondary N) is 2. The molecule has 25 heavy (non-hydrogen) atoms. The Balaban J connectivity index is 1.70. The zero-order valence-electron chi connectivity index (χ0n) is 12.0. The Morgan fingerprint density at radius 2 is 1.84 bits per heavy atom. The fourth-order valence-corrected chi connectivity index (χ4v) is 3.54. The molecule has 128 valence electrons. The summed E-state index contributed by atoms with van der Waals surface area (Å²) in [5, 5.41) is 12.1. The van der Waals surface area contributed by atoms with Crippen molar-refractivity contribution in [1.82, 2.24) is 10.9 Å². The molecule has 0 atom stereocenters. The molecule has 0 saturated carbocycles. The van der Waals surface area contributed by atoms with Crippen LogP contribution in [0.2, 0.25) is 10.0 Å². The molecule has 0 unspecified atom stereocenters. The standard InChI is InChI=1S/C14H7Cl2N3O5S/c15-7-3-6-4-10(25-12(6)8(16)5-7)14(21)18-17-13(20)9-1-2-11(24-9)19(22)23/h1-5H,(H,17,20)(H,18,21). The van der Waals surface area contributed by atoms with Crippen LogP contribution in [0.5, 0.6) is 0 Å². The molecule has 0 aliphatic heterocycles.